The summed E-state index contributed by atoms with van der Waals surface area (Å²) in [6, 6.07) is 7.54. The van der Waals surface area contributed by atoms with Crippen LogP contribution in [0.2, 0.25) is 10.0 Å². The van der Waals surface area contributed by atoms with Crippen molar-refractivity contribution in [2.45, 2.75) is 91.8 Å². The fourth-order valence-corrected chi connectivity index (χ4v) is 10.9. The molecule has 0 saturated heterocycles. The minimum absolute atomic E-state index is 0.0260. The molecule has 2 aliphatic rings. The Morgan fingerprint density at radius 1 is 0.500 bits per heavy atom. The summed E-state index contributed by atoms with van der Waals surface area (Å²) in [4.78, 5) is 139. The number of fused-ring (bicyclic) bond motifs is 2. The van der Waals surface area contributed by atoms with Gasteiger partial charge in [0.15, 0.2) is 0 Å². The van der Waals surface area contributed by atoms with E-state index in [9.17, 15) is 47.9 Å². The lowest BCUT2D eigenvalue weighted by atomic mass is 9.81. The van der Waals surface area contributed by atoms with Crippen molar-refractivity contribution in [3.8, 4) is 0 Å². The van der Waals surface area contributed by atoms with Crippen LogP contribution in [-0.2, 0) is 71.4 Å². The van der Waals surface area contributed by atoms with Crippen molar-refractivity contribution >= 4 is 126 Å². The van der Waals surface area contributed by atoms with Crippen LogP contribution in [0.1, 0.15) is 116 Å². The zero-order valence-electron chi connectivity index (χ0n) is 49.2. The van der Waals surface area contributed by atoms with Gasteiger partial charge < -0.3 is 42.6 Å². The number of nitrogens with zero attached hydrogens (tertiary/aromatic N) is 2. The molecule has 2 heterocycles. The molecule has 0 bridgehead atoms. The first-order valence-electron chi connectivity index (χ1n) is 27.7. The van der Waals surface area contributed by atoms with Crippen LogP contribution in [0.4, 0.5) is 0 Å². The van der Waals surface area contributed by atoms with E-state index >= 15 is 0 Å². The predicted octanol–water partition coefficient (Wildman–Crippen LogP) is 9.25. The number of hydrogen-bond donors (Lipinski definition) is 0. The Kier molecular flexibility index (Phi) is 21.5. The van der Waals surface area contributed by atoms with Crippen LogP contribution in [0.5, 0.6) is 0 Å². The molecule has 2 atom stereocenters. The van der Waals surface area contributed by atoms with Crippen molar-refractivity contribution in [1.29, 1.82) is 0 Å². The van der Waals surface area contributed by atoms with Crippen molar-refractivity contribution in [2.75, 3.05) is 73.2 Å². The van der Waals surface area contributed by atoms with Gasteiger partial charge in [-0.2, -0.15) is 0 Å². The Balaban J connectivity index is 1.14. The molecule has 0 aliphatic carbocycles. The first-order chi connectivity index (χ1) is 40.7. The van der Waals surface area contributed by atoms with Gasteiger partial charge in [-0.3, -0.25) is 38.6 Å². The lowest BCUT2D eigenvalue weighted by Gasteiger charge is -2.36. The highest BCUT2D eigenvalue weighted by molar-refractivity contribution is 6.50. The molecule has 0 N–H and O–H groups in total. The summed E-state index contributed by atoms with van der Waals surface area (Å²) in [5, 5.41) is 3.55. The van der Waals surface area contributed by atoms with E-state index in [1.54, 1.807) is 31.4 Å². The Morgan fingerprint density at radius 2 is 0.884 bits per heavy atom. The first-order valence-corrected chi connectivity index (χ1v) is 28.5. The molecule has 0 fully saturated rings. The van der Waals surface area contributed by atoms with E-state index in [0.29, 0.717) is 57.3 Å². The van der Waals surface area contributed by atoms with Gasteiger partial charge in [-0.15, -0.1) is 0 Å². The molecule has 2 unspecified atom stereocenters. The Bertz CT molecular complexity index is 3530. The Labute approximate surface area is 506 Å². The number of carbonyl (C=O) groups is 10. The van der Waals surface area contributed by atoms with Crippen molar-refractivity contribution < 1.29 is 90.6 Å². The van der Waals surface area contributed by atoms with E-state index in [4.69, 9.17) is 65.8 Å². The van der Waals surface area contributed by atoms with Crippen LogP contribution in [0.3, 0.4) is 0 Å². The topological polar surface area (TPSA) is 260 Å². The summed E-state index contributed by atoms with van der Waals surface area (Å²) < 4.78 is 48.4. The summed E-state index contributed by atoms with van der Waals surface area (Å²) in [7, 11) is 1.55. The van der Waals surface area contributed by atoms with Crippen LogP contribution in [0.25, 0.3) is 43.1 Å². The molecule has 0 radical (unpaired) electrons. The minimum atomic E-state index is -2.12. The van der Waals surface area contributed by atoms with E-state index in [0.717, 1.165) is 9.80 Å². The monoisotopic (exact) mass is 1230 g/mol. The highest BCUT2D eigenvalue weighted by Crippen LogP contribution is 2.51. The van der Waals surface area contributed by atoms with Gasteiger partial charge in [0, 0.05) is 77.3 Å². The predicted molar refractivity (Wildman–Crippen MR) is 316 cm³/mol. The van der Waals surface area contributed by atoms with Gasteiger partial charge in [-0.25, -0.2) is 19.2 Å². The third kappa shape index (κ3) is 14.4. The average Bonchev–Trinajstić information content (AvgIpc) is 0.756. The molecular weight excluding hydrogens is 1160 g/mol. The van der Waals surface area contributed by atoms with E-state index in [2.05, 4.69) is 19.7 Å². The SMILES string of the molecule is C=C(C)C(=O)OCC(COC(=O)C(=C)C)(COC(=O)C(=C)C)OC(=O)CCC(=O)OCC(CC(C)C)N1C(=O)c2ccc3c4c(Cl)cc5c6c(ccc(c7c(Cl)cc(c2c37)C1=O)c64)C(=O)N(C(COC(=O)COCCOCCOC)CC(C)C)C5=O. The zero-order chi connectivity index (χ0) is 63.1. The quantitative estimate of drug-likeness (QED) is 0.00761. The molecule has 5 aromatic rings. The number of ether oxygens (including phenoxy) is 9. The summed E-state index contributed by atoms with van der Waals surface area (Å²) in [6.07, 6.45) is -0.781. The lowest BCUT2D eigenvalue weighted by molar-refractivity contribution is -0.193. The normalized spacial score (nSPS) is 13.9. The van der Waals surface area contributed by atoms with E-state index in [-0.39, 0.29) is 99.1 Å². The molecule has 4 amide bonds. The number of esters is 6. The van der Waals surface area contributed by atoms with E-state index in [1.165, 1.54) is 32.9 Å². The van der Waals surface area contributed by atoms with Gasteiger partial charge in [0.1, 0.15) is 39.6 Å². The number of imide groups is 2. The van der Waals surface area contributed by atoms with Gasteiger partial charge in [-0.05, 0) is 80.5 Å². The average molecular weight is 1230 g/mol. The van der Waals surface area contributed by atoms with Gasteiger partial charge in [0.05, 0.1) is 62.5 Å². The standard InChI is InChI=1S/C63H68Cl2N2O19/c1-32(2)22-37(26-81-47(68)16-17-48(69)86-63(29-83-60(75)34(5)6,30-84-61(76)35(7)8)31-85-62(77)36(9)10)66-56(71)41-14-12-39-53-46(65)25-44-51-42(15-13-40(55(51)53)52-45(64)24-43(58(66)73)50(41)54(39)52)57(72)67(59(44)74)38(23-33(3)4)27-82-49(70)28-80-21-20-79-19-18-78-11/h12-15,24-25,32-33,37-38H,5,7,9,16-23,26-31H2,1-4,6,8,10-11H3. The van der Waals surface area contributed by atoms with E-state index < -0.39 is 116 Å². The number of rotatable bonds is 31. The van der Waals surface area contributed by atoms with E-state index in [1.807, 2.05) is 27.7 Å². The minimum Gasteiger partial charge on any atom is -0.463 e. The van der Waals surface area contributed by atoms with Gasteiger partial charge in [0.25, 0.3) is 23.6 Å². The molecule has 458 valence electrons. The molecule has 2 aliphatic heterocycles. The largest absolute Gasteiger partial charge is 0.463 e. The summed E-state index contributed by atoms with van der Waals surface area (Å²) in [5.41, 5.74) is -1.69. The Morgan fingerprint density at radius 3 is 1.29 bits per heavy atom. The summed E-state index contributed by atoms with van der Waals surface area (Å²) >= 11 is 14.5. The number of amides is 4. The number of halogens is 2. The maximum absolute atomic E-state index is 14.9. The number of carbonyl (C=O) groups excluding carboxylic acids is 10. The molecular formula is C63H68Cl2N2O19. The second kappa shape index (κ2) is 28.1. The first kappa shape index (κ1) is 65.7. The molecule has 0 spiro atoms. The number of hydrogen-bond acceptors (Lipinski definition) is 19. The number of methoxy groups -OCH3 is 1. The molecule has 7 rings (SSSR count). The van der Waals surface area contributed by atoms with Crippen LogP contribution in [-0.4, -0.2) is 160 Å². The van der Waals surface area contributed by atoms with Gasteiger partial charge in [-0.1, -0.05) is 82.8 Å². The molecule has 0 saturated carbocycles. The van der Waals surface area contributed by atoms with Crippen LogP contribution in [0, 0.1) is 11.8 Å². The second-order valence-electron chi connectivity index (χ2n) is 22.2. The smallest absolute Gasteiger partial charge is 0.333 e. The lowest BCUT2D eigenvalue weighted by Crippen LogP contribution is -2.50. The third-order valence-corrected chi connectivity index (χ3v) is 14.8. The maximum Gasteiger partial charge on any atom is 0.333 e. The van der Waals surface area contributed by atoms with Crippen LogP contribution >= 0.6 is 23.2 Å². The molecule has 0 aromatic heterocycles. The molecule has 86 heavy (non-hydrogen) atoms. The van der Waals surface area contributed by atoms with Crippen molar-refractivity contribution in [3.63, 3.8) is 0 Å². The fraction of sp³-hybridized carbons (Fsp3) is 0.429. The molecule has 21 nitrogen and oxygen atoms in total. The van der Waals surface area contributed by atoms with Crippen LogP contribution < -0.4 is 0 Å². The third-order valence-electron chi connectivity index (χ3n) is 14.2. The summed E-state index contributed by atoms with van der Waals surface area (Å²) in [6.45, 7) is 19.8. The molecule has 23 heteroatoms. The second-order valence-corrected chi connectivity index (χ2v) is 23.0. The maximum atomic E-state index is 14.9. The van der Waals surface area contributed by atoms with Crippen molar-refractivity contribution in [1.82, 2.24) is 9.80 Å². The van der Waals surface area contributed by atoms with Crippen molar-refractivity contribution in [2.24, 2.45) is 11.8 Å². The van der Waals surface area contributed by atoms with Crippen molar-refractivity contribution in [3.05, 3.63) is 105 Å². The highest BCUT2D eigenvalue weighted by atomic mass is 35.5. The van der Waals surface area contributed by atoms with Gasteiger partial charge >= 0.3 is 35.8 Å². The highest BCUT2D eigenvalue weighted by Gasteiger charge is 2.44. The Hall–Kier alpha value is -7.82. The van der Waals surface area contributed by atoms with Gasteiger partial charge in [0.2, 0.25) is 5.60 Å². The van der Waals surface area contributed by atoms with Crippen LogP contribution in [0.15, 0.2) is 72.9 Å². The zero-order valence-corrected chi connectivity index (χ0v) is 50.7. The summed E-state index contributed by atoms with van der Waals surface area (Å²) in [5.74, 6) is -8.32. The number of benzene rings is 5. The molecule has 5 aromatic carbocycles. The fourth-order valence-electron chi connectivity index (χ4n) is 10.3.